The van der Waals surface area contributed by atoms with E-state index in [-0.39, 0.29) is 18.7 Å². The topological polar surface area (TPSA) is 108 Å². The Kier molecular flexibility index (Phi) is 5.68. The number of anilines is 1. The maximum atomic E-state index is 13.0. The number of benzene rings is 2. The van der Waals surface area contributed by atoms with E-state index >= 15 is 0 Å². The first kappa shape index (κ1) is 21.3. The molecule has 170 valence electrons. The van der Waals surface area contributed by atoms with Gasteiger partial charge < -0.3 is 10.6 Å². The lowest BCUT2D eigenvalue weighted by Gasteiger charge is -2.27. The monoisotopic (exact) mass is 446 g/mol. The van der Waals surface area contributed by atoms with Gasteiger partial charge in [0.2, 0.25) is 11.8 Å². The first-order chi connectivity index (χ1) is 16.0. The standard InChI is InChI=1S/C25H26N4O4/c30-22-7-6-21(23(31)28-22)29-24(32)19-5-4-15(12-20(19)25(29)33)14-27-18-3-1-2-17(13-18)16-8-10-26-11-9-16/h1-5,12-13,16,21,26-27H,6-11,14H2,(H,28,30,31). The lowest BCUT2D eigenvalue weighted by molar-refractivity contribution is -0.136. The second-order valence-electron chi connectivity index (χ2n) is 8.83. The van der Waals surface area contributed by atoms with Crippen molar-refractivity contribution in [2.75, 3.05) is 18.4 Å². The van der Waals surface area contributed by atoms with Crippen molar-refractivity contribution in [3.63, 3.8) is 0 Å². The van der Waals surface area contributed by atoms with Crippen LogP contribution in [0.2, 0.25) is 0 Å². The number of fused-ring (bicyclic) bond motifs is 1. The number of hydrogen-bond acceptors (Lipinski definition) is 6. The molecule has 0 radical (unpaired) electrons. The largest absolute Gasteiger partial charge is 0.381 e. The van der Waals surface area contributed by atoms with Gasteiger partial charge in [0.05, 0.1) is 11.1 Å². The Balaban J connectivity index is 1.29. The molecule has 3 aliphatic heterocycles. The first-order valence-electron chi connectivity index (χ1n) is 11.4. The zero-order valence-corrected chi connectivity index (χ0v) is 18.2. The summed E-state index contributed by atoms with van der Waals surface area (Å²) in [5.74, 6) is -1.39. The second-order valence-corrected chi connectivity index (χ2v) is 8.83. The Morgan fingerprint density at radius 1 is 0.909 bits per heavy atom. The van der Waals surface area contributed by atoms with Gasteiger partial charge in [0.1, 0.15) is 6.04 Å². The number of carbonyl (C=O) groups excluding carboxylic acids is 4. The molecular formula is C25H26N4O4. The van der Waals surface area contributed by atoms with Crippen LogP contribution in [0.5, 0.6) is 0 Å². The highest BCUT2D eigenvalue weighted by Crippen LogP contribution is 2.29. The number of rotatable bonds is 5. The number of imide groups is 2. The average molecular weight is 447 g/mol. The van der Waals surface area contributed by atoms with E-state index in [2.05, 4.69) is 34.1 Å². The second kappa shape index (κ2) is 8.78. The third-order valence-corrected chi connectivity index (χ3v) is 6.70. The summed E-state index contributed by atoms with van der Waals surface area (Å²) in [6.45, 7) is 2.59. The number of hydrogen-bond donors (Lipinski definition) is 3. The summed E-state index contributed by atoms with van der Waals surface area (Å²) in [5, 5.41) is 9.03. The third-order valence-electron chi connectivity index (χ3n) is 6.70. The molecule has 3 N–H and O–H groups in total. The summed E-state index contributed by atoms with van der Waals surface area (Å²) in [6.07, 6.45) is 2.52. The molecule has 0 aromatic heterocycles. The minimum Gasteiger partial charge on any atom is -0.381 e. The average Bonchev–Trinajstić information content (AvgIpc) is 3.08. The summed E-state index contributed by atoms with van der Waals surface area (Å²) < 4.78 is 0. The van der Waals surface area contributed by atoms with E-state index in [0.717, 1.165) is 42.1 Å². The molecule has 8 nitrogen and oxygen atoms in total. The van der Waals surface area contributed by atoms with E-state index in [1.54, 1.807) is 12.1 Å². The zero-order chi connectivity index (χ0) is 22.9. The predicted molar refractivity (Wildman–Crippen MR) is 122 cm³/mol. The minimum absolute atomic E-state index is 0.107. The minimum atomic E-state index is -0.950. The van der Waals surface area contributed by atoms with Gasteiger partial charge >= 0.3 is 0 Å². The van der Waals surface area contributed by atoms with Gasteiger partial charge in [0.15, 0.2) is 0 Å². The predicted octanol–water partition coefficient (Wildman–Crippen LogP) is 2.17. The van der Waals surface area contributed by atoms with E-state index in [1.165, 1.54) is 5.56 Å². The Bertz CT molecular complexity index is 1140. The van der Waals surface area contributed by atoms with Crippen LogP contribution in [0.15, 0.2) is 42.5 Å². The zero-order valence-electron chi connectivity index (χ0n) is 18.2. The molecule has 2 aromatic carbocycles. The van der Waals surface area contributed by atoms with E-state index in [0.29, 0.717) is 23.6 Å². The van der Waals surface area contributed by atoms with E-state index in [4.69, 9.17) is 0 Å². The van der Waals surface area contributed by atoms with Crippen molar-refractivity contribution in [2.45, 2.75) is 44.2 Å². The summed E-state index contributed by atoms with van der Waals surface area (Å²) in [4.78, 5) is 50.5. The van der Waals surface area contributed by atoms with Gasteiger partial charge in [-0.3, -0.25) is 29.4 Å². The van der Waals surface area contributed by atoms with E-state index in [9.17, 15) is 19.2 Å². The molecule has 0 aliphatic carbocycles. The van der Waals surface area contributed by atoms with Crippen LogP contribution in [0.25, 0.3) is 0 Å². The fourth-order valence-electron chi connectivity index (χ4n) is 4.89. The van der Waals surface area contributed by atoms with Crippen molar-refractivity contribution >= 4 is 29.3 Å². The molecule has 8 heteroatoms. The van der Waals surface area contributed by atoms with Gasteiger partial charge in [-0.05, 0) is 73.7 Å². The Hall–Kier alpha value is -3.52. The summed E-state index contributed by atoms with van der Waals surface area (Å²) in [7, 11) is 0. The molecule has 3 aliphatic rings. The fraction of sp³-hybridized carbons (Fsp3) is 0.360. The maximum Gasteiger partial charge on any atom is 0.262 e. The van der Waals surface area contributed by atoms with E-state index < -0.39 is 23.8 Å². The van der Waals surface area contributed by atoms with Crippen LogP contribution in [-0.2, 0) is 16.1 Å². The van der Waals surface area contributed by atoms with Gasteiger partial charge in [0.25, 0.3) is 11.8 Å². The molecule has 2 aromatic rings. The quantitative estimate of drug-likeness (QED) is 0.608. The lowest BCUT2D eigenvalue weighted by Crippen LogP contribution is -2.54. The molecule has 1 atom stereocenters. The molecule has 5 rings (SSSR count). The smallest absolute Gasteiger partial charge is 0.262 e. The van der Waals surface area contributed by atoms with Crippen molar-refractivity contribution in [3.05, 3.63) is 64.7 Å². The van der Waals surface area contributed by atoms with Crippen molar-refractivity contribution in [1.82, 2.24) is 15.5 Å². The van der Waals surface area contributed by atoms with Crippen LogP contribution in [-0.4, -0.2) is 47.7 Å². The van der Waals surface area contributed by atoms with E-state index in [1.807, 2.05) is 12.1 Å². The van der Waals surface area contributed by atoms with Gasteiger partial charge in [0, 0.05) is 18.7 Å². The number of amides is 4. The molecule has 0 saturated carbocycles. The fourth-order valence-corrected chi connectivity index (χ4v) is 4.89. The number of nitrogens with one attached hydrogen (secondary N) is 3. The van der Waals surface area contributed by atoms with Crippen LogP contribution >= 0.6 is 0 Å². The normalized spacial score (nSPS) is 21.2. The number of piperidine rings is 2. The maximum absolute atomic E-state index is 13.0. The number of nitrogens with zero attached hydrogens (tertiary/aromatic N) is 1. The Morgan fingerprint density at radius 3 is 2.48 bits per heavy atom. The molecule has 0 spiro atoms. The molecule has 2 saturated heterocycles. The van der Waals surface area contributed by atoms with Gasteiger partial charge in [-0.15, -0.1) is 0 Å². The van der Waals surface area contributed by atoms with Crippen molar-refractivity contribution in [1.29, 1.82) is 0 Å². The molecule has 4 amide bonds. The molecule has 1 unspecified atom stereocenters. The van der Waals surface area contributed by atoms with Crippen molar-refractivity contribution in [3.8, 4) is 0 Å². The summed E-state index contributed by atoms with van der Waals surface area (Å²) in [6, 6.07) is 12.7. The first-order valence-corrected chi connectivity index (χ1v) is 11.4. The van der Waals surface area contributed by atoms with Crippen LogP contribution in [0, 0.1) is 0 Å². The SMILES string of the molecule is O=C1CCC(N2C(=O)c3ccc(CNc4cccc(C5CCNCC5)c4)cc3C2=O)C(=O)N1. The molecule has 0 bridgehead atoms. The lowest BCUT2D eigenvalue weighted by atomic mass is 9.90. The van der Waals surface area contributed by atoms with Crippen LogP contribution in [0.4, 0.5) is 5.69 Å². The highest BCUT2D eigenvalue weighted by atomic mass is 16.2. The Morgan fingerprint density at radius 2 is 1.70 bits per heavy atom. The highest BCUT2D eigenvalue weighted by Gasteiger charge is 2.44. The highest BCUT2D eigenvalue weighted by molar-refractivity contribution is 6.23. The third kappa shape index (κ3) is 4.14. The van der Waals surface area contributed by atoms with Crippen LogP contribution in [0.3, 0.4) is 0 Å². The molecule has 33 heavy (non-hydrogen) atoms. The Labute approximate surface area is 191 Å². The molecule has 2 fully saturated rings. The number of carbonyl (C=O) groups is 4. The van der Waals surface area contributed by atoms with Gasteiger partial charge in [-0.2, -0.15) is 0 Å². The molecular weight excluding hydrogens is 420 g/mol. The van der Waals surface area contributed by atoms with Gasteiger partial charge in [-0.1, -0.05) is 18.2 Å². The van der Waals surface area contributed by atoms with Gasteiger partial charge in [-0.25, -0.2) is 0 Å². The van der Waals surface area contributed by atoms with Crippen molar-refractivity contribution in [2.24, 2.45) is 0 Å². The van der Waals surface area contributed by atoms with Crippen LogP contribution < -0.4 is 16.0 Å². The van der Waals surface area contributed by atoms with Crippen molar-refractivity contribution < 1.29 is 19.2 Å². The summed E-state index contributed by atoms with van der Waals surface area (Å²) >= 11 is 0. The molecule has 3 heterocycles. The van der Waals surface area contributed by atoms with Crippen LogP contribution in [0.1, 0.15) is 63.4 Å². The summed E-state index contributed by atoms with van der Waals surface area (Å²) in [5.41, 5.74) is 3.80.